The summed E-state index contributed by atoms with van der Waals surface area (Å²) in [4.78, 5) is 18.8. The molecule has 0 aliphatic carbocycles. The standard InChI is InChI=1S/C12H12ClN5O/c13-11-15-10(9-1-3-14-4-2-9)16-12(17-11)18-5-7-19-8-6-18/h1-4H,5-8H2. The van der Waals surface area contributed by atoms with Crippen molar-refractivity contribution in [3.8, 4) is 11.4 Å². The van der Waals surface area contributed by atoms with E-state index in [-0.39, 0.29) is 5.28 Å². The zero-order chi connectivity index (χ0) is 13.1. The van der Waals surface area contributed by atoms with Gasteiger partial charge in [-0.3, -0.25) is 4.98 Å². The van der Waals surface area contributed by atoms with Crippen LogP contribution < -0.4 is 4.90 Å². The highest BCUT2D eigenvalue weighted by molar-refractivity contribution is 6.28. The monoisotopic (exact) mass is 277 g/mol. The van der Waals surface area contributed by atoms with Crippen LogP contribution in [0.4, 0.5) is 5.95 Å². The smallest absolute Gasteiger partial charge is 0.230 e. The number of aromatic nitrogens is 4. The molecule has 0 N–H and O–H groups in total. The minimum absolute atomic E-state index is 0.198. The Morgan fingerprint density at radius 3 is 2.53 bits per heavy atom. The van der Waals surface area contributed by atoms with Gasteiger partial charge in [-0.05, 0) is 23.7 Å². The van der Waals surface area contributed by atoms with E-state index in [1.54, 1.807) is 12.4 Å². The van der Waals surface area contributed by atoms with Gasteiger partial charge in [0.1, 0.15) is 0 Å². The predicted molar refractivity (Wildman–Crippen MR) is 71.1 cm³/mol. The van der Waals surface area contributed by atoms with E-state index >= 15 is 0 Å². The number of morpholine rings is 1. The topological polar surface area (TPSA) is 64.0 Å². The van der Waals surface area contributed by atoms with E-state index in [0.29, 0.717) is 25.0 Å². The molecule has 3 rings (SSSR count). The van der Waals surface area contributed by atoms with Gasteiger partial charge in [-0.1, -0.05) is 0 Å². The van der Waals surface area contributed by atoms with Crippen LogP contribution in [0.5, 0.6) is 0 Å². The predicted octanol–water partition coefficient (Wildman–Crippen LogP) is 1.42. The number of anilines is 1. The first-order valence-corrected chi connectivity index (χ1v) is 6.35. The minimum Gasteiger partial charge on any atom is -0.378 e. The normalized spacial score (nSPS) is 15.5. The first-order valence-electron chi connectivity index (χ1n) is 5.97. The van der Waals surface area contributed by atoms with Gasteiger partial charge in [0.15, 0.2) is 5.82 Å². The molecule has 0 radical (unpaired) electrons. The van der Waals surface area contributed by atoms with E-state index in [4.69, 9.17) is 16.3 Å². The number of hydrogen-bond donors (Lipinski definition) is 0. The molecule has 2 aromatic rings. The Morgan fingerprint density at radius 2 is 1.79 bits per heavy atom. The second-order valence-corrected chi connectivity index (χ2v) is 4.40. The van der Waals surface area contributed by atoms with Crippen LogP contribution in [0.25, 0.3) is 11.4 Å². The molecule has 7 heteroatoms. The number of rotatable bonds is 2. The lowest BCUT2D eigenvalue weighted by Crippen LogP contribution is -2.37. The third-order valence-electron chi connectivity index (χ3n) is 2.83. The molecule has 1 fully saturated rings. The lowest BCUT2D eigenvalue weighted by Gasteiger charge is -2.26. The molecule has 1 aliphatic rings. The first kappa shape index (κ1) is 12.3. The maximum absolute atomic E-state index is 5.98. The van der Waals surface area contributed by atoms with Crippen molar-refractivity contribution in [3.05, 3.63) is 29.8 Å². The van der Waals surface area contributed by atoms with E-state index < -0.39 is 0 Å². The van der Waals surface area contributed by atoms with Crippen LogP contribution >= 0.6 is 11.6 Å². The molecule has 0 atom stereocenters. The van der Waals surface area contributed by atoms with Gasteiger partial charge in [0.2, 0.25) is 11.2 Å². The molecule has 0 bridgehead atoms. The third kappa shape index (κ3) is 2.80. The van der Waals surface area contributed by atoms with Crippen LogP contribution in [0.2, 0.25) is 5.28 Å². The molecule has 3 heterocycles. The number of halogens is 1. The number of pyridine rings is 1. The molecule has 6 nitrogen and oxygen atoms in total. The van der Waals surface area contributed by atoms with Crippen molar-refractivity contribution in [1.29, 1.82) is 0 Å². The maximum Gasteiger partial charge on any atom is 0.230 e. The van der Waals surface area contributed by atoms with Crippen LogP contribution in [0.15, 0.2) is 24.5 Å². The molecule has 0 amide bonds. The van der Waals surface area contributed by atoms with Gasteiger partial charge < -0.3 is 9.64 Å². The fourth-order valence-electron chi connectivity index (χ4n) is 1.87. The van der Waals surface area contributed by atoms with E-state index in [1.807, 2.05) is 17.0 Å². The Hall–Kier alpha value is -1.79. The second kappa shape index (κ2) is 5.46. The SMILES string of the molecule is Clc1nc(-c2ccncc2)nc(N2CCOCC2)n1. The summed E-state index contributed by atoms with van der Waals surface area (Å²) >= 11 is 5.98. The van der Waals surface area contributed by atoms with E-state index in [9.17, 15) is 0 Å². The molecule has 1 saturated heterocycles. The molecule has 19 heavy (non-hydrogen) atoms. The average Bonchev–Trinajstić information content (AvgIpc) is 2.48. The van der Waals surface area contributed by atoms with Gasteiger partial charge >= 0.3 is 0 Å². The molecule has 0 saturated carbocycles. The van der Waals surface area contributed by atoms with Gasteiger partial charge in [0, 0.05) is 31.0 Å². The van der Waals surface area contributed by atoms with Gasteiger partial charge in [-0.2, -0.15) is 15.0 Å². The summed E-state index contributed by atoms with van der Waals surface area (Å²) in [5, 5.41) is 0.198. The molecule has 0 unspecified atom stereocenters. The summed E-state index contributed by atoms with van der Waals surface area (Å²) in [6.07, 6.45) is 3.39. The zero-order valence-corrected chi connectivity index (χ0v) is 10.9. The lowest BCUT2D eigenvalue weighted by atomic mass is 10.2. The number of ether oxygens (including phenoxy) is 1. The molecule has 1 aliphatic heterocycles. The van der Waals surface area contributed by atoms with E-state index in [2.05, 4.69) is 19.9 Å². The van der Waals surface area contributed by atoms with Crippen molar-refractivity contribution in [2.24, 2.45) is 0 Å². The van der Waals surface area contributed by atoms with E-state index in [0.717, 1.165) is 18.7 Å². The van der Waals surface area contributed by atoms with Gasteiger partial charge in [0.25, 0.3) is 0 Å². The minimum atomic E-state index is 0.198. The Kier molecular flexibility index (Phi) is 3.52. The fourth-order valence-corrected chi connectivity index (χ4v) is 2.03. The van der Waals surface area contributed by atoms with Crippen LogP contribution in [-0.2, 0) is 4.74 Å². The Balaban J connectivity index is 1.96. The summed E-state index contributed by atoms with van der Waals surface area (Å²) < 4.78 is 5.31. The van der Waals surface area contributed by atoms with Gasteiger partial charge in [-0.15, -0.1) is 0 Å². The summed E-state index contributed by atoms with van der Waals surface area (Å²) in [6, 6.07) is 3.68. The van der Waals surface area contributed by atoms with Crippen molar-refractivity contribution in [3.63, 3.8) is 0 Å². The van der Waals surface area contributed by atoms with E-state index in [1.165, 1.54) is 0 Å². The van der Waals surface area contributed by atoms with Gasteiger partial charge in [0.05, 0.1) is 13.2 Å². The summed E-state index contributed by atoms with van der Waals surface area (Å²) in [5.74, 6) is 1.15. The maximum atomic E-state index is 5.98. The first-order chi connectivity index (χ1) is 9.33. The fraction of sp³-hybridized carbons (Fsp3) is 0.333. The van der Waals surface area contributed by atoms with Crippen molar-refractivity contribution >= 4 is 17.5 Å². The lowest BCUT2D eigenvalue weighted by molar-refractivity contribution is 0.122. The zero-order valence-electron chi connectivity index (χ0n) is 10.2. The molecule has 0 aromatic carbocycles. The van der Waals surface area contributed by atoms with Crippen LogP contribution in [0.1, 0.15) is 0 Å². The number of nitrogens with zero attached hydrogens (tertiary/aromatic N) is 5. The molecular formula is C12H12ClN5O. The summed E-state index contributed by atoms with van der Waals surface area (Å²) in [7, 11) is 0. The summed E-state index contributed by atoms with van der Waals surface area (Å²) in [6.45, 7) is 2.87. The molecule has 2 aromatic heterocycles. The van der Waals surface area contributed by atoms with Gasteiger partial charge in [-0.25, -0.2) is 0 Å². The highest BCUT2D eigenvalue weighted by Gasteiger charge is 2.16. The van der Waals surface area contributed by atoms with Crippen molar-refractivity contribution < 1.29 is 4.74 Å². The quantitative estimate of drug-likeness (QED) is 0.827. The largest absolute Gasteiger partial charge is 0.378 e. The third-order valence-corrected chi connectivity index (χ3v) is 3.00. The Morgan fingerprint density at radius 1 is 1.05 bits per heavy atom. The Labute approximate surface area is 115 Å². The van der Waals surface area contributed by atoms with Crippen LogP contribution in [-0.4, -0.2) is 46.2 Å². The molecular weight excluding hydrogens is 266 g/mol. The van der Waals surface area contributed by atoms with Crippen LogP contribution in [0.3, 0.4) is 0 Å². The van der Waals surface area contributed by atoms with Crippen molar-refractivity contribution in [1.82, 2.24) is 19.9 Å². The highest BCUT2D eigenvalue weighted by atomic mass is 35.5. The Bertz CT molecular complexity index is 559. The molecule has 0 spiro atoms. The summed E-state index contributed by atoms with van der Waals surface area (Å²) in [5.41, 5.74) is 0.869. The highest BCUT2D eigenvalue weighted by Crippen LogP contribution is 2.19. The second-order valence-electron chi connectivity index (χ2n) is 4.06. The average molecular weight is 278 g/mol. The number of hydrogen-bond acceptors (Lipinski definition) is 6. The van der Waals surface area contributed by atoms with Crippen LogP contribution in [0, 0.1) is 0 Å². The molecule has 98 valence electrons. The van der Waals surface area contributed by atoms with Crippen molar-refractivity contribution in [2.45, 2.75) is 0 Å². The van der Waals surface area contributed by atoms with Crippen molar-refractivity contribution in [2.75, 3.05) is 31.2 Å².